The molecule has 0 spiro atoms. The molecule has 1 aromatic carbocycles. The topological polar surface area (TPSA) is 125 Å². The third-order valence-corrected chi connectivity index (χ3v) is 7.73. The Morgan fingerprint density at radius 2 is 1.95 bits per heavy atom. The summed E-state index contributed by atoms with van der Waals surface area (Å²) in [6.07, 6.45) is 5.23. The van der Waals surface area contributed by atoms with Gasteiger partial charge in [0.25, 0.3) is 0 Å². The molecule has 0 bridgehead atoms. The van der Waals surface area contributed by atoms with Gasteiger partial charge >= 0.3 is 0 Å². The third kappa shape index (κ3) is 7.02. The van der Waals surface area contributed by atoms with Gasteiger partial charge in [0.1, 0.15) is 18.5 Å². The second kappa shape index (κ2) is 13.6. The molecule has 0 radical (unpaired) electrons. The number of hydrogen-bond acceptors (Lipinski definition) is 7. The lowest BCUT2D eigenvalue weighted by Crippen LogP contribution is -2.59. The van der Waals surface area contributed by atoms with Crippen LogP contribution in [0, 0.1) is 9.49 Å². The number of aldehydes is 1. The summed E-state index contributed by atoms with van der Waals surface area (Å²) in [5.41, 5.74) is 0.797. The first-order chi connectivity index (χ1) is 17.7. The van der Waals surface area contributed by atoms with Crippen molar-refractivity contribution in [3.63, 3.8) is 0 Å². The minimum absolute atomic E-state index is 0.0228. The van der Waals surface area contributed by atoms with Gasteiger partial charge < -0.3 is 29.9 Å². The van der Waals surface area contributed by atoms with E-state index in [1.165, 1.54) is 7.11 Å². The maximum Gasteiger partial charge on any atom is 0.247 e. The molecule has 10 heteroatoms. The number of carbonyl (C=O) groups is 3. The van der Waals surface area contributed by atoms with E-state index >= 15 is 0 Å². The van der Waals surface area contributed by atoms with E-state index in [-0.39, 0.29) is 43.3 Å². The van der Waals surface area contributed by atoms with Crippen molar-refractivity contribution < 1.29 is 34.1 Å². The fourth-order valence-corrected chi connectivity index (χ4v) is 5.83. The van der Waals surface area contributed by atoms with Crippen LogP contribution in [-0.2, 0) is 9.59 Å². The summed E-state index contributed by atoms with van der Waals surface area (Å²) < 4.78 is 12.3. The van der Waals surface area contributed by atoms with Crippen LogP contribution >= 0.6 is 22.6 Å². The Bertz CT molecular complexity index is 1010. The second-order valence-corrected chi connectivity index (χ2v) is 11.0. The Morgan fingerprint density at radius 1 is 1.24 bits per heavy atom. The van der Waals surface area contributed by atoms with Gasteiger partial charge in [0, 0.05) is 36.1 Å². The summed E-state index contributed by atoms with van der Waals surface area (Å²) in [4.78, 5) is 39.6. The number of nitrogens with zero attached hydrogens (tertiary/aromatic N) is 1. The Balaban J connectivity index is 2.03. The number of ether oxygens (including phenoxy) is 2. The molecule has 9 nitrogen and oxygen atoms in total. The van der Waals surface area contributed by atoms with Gasteiger partial charge in [-0.3, -0.25) is 14.4 Å². The predicted octanol–water partition coefficient (Wildman–Crippen LogP) is 2.85. The molecule has 0 aromatic heterocycles. The number of aliphatic hydroxyl groups excluding tert-OH is 2. The van der Waals surface area contributed by atoms with E-state index in [9.17, 15) is 24.6 Å². The van der Waals surface area contributed by atoms with Gasteiger partial charge in [0.05, 0.1) is 23.3 Å². The zero-order chi connectivity index (χ0) is 27.1. The number of nitrogens with one attached hydrogen (secondary N) is 1. The summed E-state index contributed by atoms with van der Waals surface area (Å²) in [7, 11) is 1.46. The summed E-state index contributed by atoms with van der Waals surface area (Å²) in [5.74, 6) is -0.0510. The van der Waals surface area contributed by atoms with Gasteiger partial charge in [-0.25, -0.2) is 0 Å². The molecule has 2 amide bonds. The Kier molecular flexibility index (Phi) is 10.8. The van der Waals surface area contributed by atoms with E-state index in [4.69, 9.17) is 9.47 Å². The maximum absolute atomic E-state index is 13.5. The molecular formula is C27H37IN2O7. The number of hydrogen-bond donors (Lipinski definition) is 3. The lowest BCUT2D eigenvalue weighted by molar-refractivity contribution is -0.146. The Labute approximate surface area is 231 Å². The summed E-state index contributed by atoms with van der Waals surface area (Å²) >= 11 is 2.03. The Hall–Kier alpha value is -2.18. The van der Waals surface area contributed by atoms with Crippen LogP contribution in [0.3, 0.4) is 0 Å². The molecule has 3 atom stereocenters. The van der Waals surface area contributed by atoms with Crippen LogP contribution in [0.5, 0.6) is 11.5 Å². The highest BCUT2D eigenvalue weighted by molar-refractivity contribution is 14.1. The predicted molar refractivity (Wildman–Crippen MR) is 147 cm³/mol. The lowest BCUT2D eigenvalue weighted by Gasteiger charge is -2.46. The monoisotopic (exact) mass is 628 g/mol. The third-order valence-electron chi connectivity index (χ3n) is 6.93. The molecular weight excluding hydrogens is 591 g/mol. The standard InChI is InChI=1S/C27H37IN2O7/c1-16(2)27(35)30(19-7-5-4-6-8-19)21-13-18(26(34)29-9-10-31)14-22(24(21)33)37-25-20(28)11-17(15-32)12-23(25)36-3/h11-12,14-16,19,21-22,24,31,33H,4-10,13H2,1-3H3,(H,29,34). The van der Waals surface area contributed by atoms with Crippen molar-refractivity contribution in [1.82, 2.24) is 10.2 Å². The highest BCUT2D eigenvalue weighted by atomic mass is 127. The van der Waals surface area contributed by atoms with Crippen molar-refractivity contribution in [2.45, 2.75) is 76.7 Å². The molecule has 1 aromatic rings. The van der Waals surface area contributed by atoms with E-state index in [1.54, 1.807) is 23.1 Å². The van der Waals surface area contributed by atoms with Crippen LogP contribution < -0.4 is 14.8 Å². The minimum Gasteiger partial charge on any atom is -0.493 e. The first kappa shape index (κ1) is 29.4. The van der Waals surface area contributed by atoms with E-state index < -0.39 is 18.2 Å². The minimum atomic E-state index is -1.11. The largest absolute Gasteiger partial charge is 0.493 e. The normalized spacial score (nSPS) is 22.2. The highest BCUT2D eigenvalue weighted by Crippen LogP contribution is 2.38. The van der Waals surface area contributed by atoms with E-state index in [0.29, 0.717) is 32.5 Å². The average Bonchev–Trinajstić information content (AvgIpc) is 2.90. The van der Waals surface area contributed by atoms with Crippen LogP contribution in [0.25, 0.3) is 0 Å². The van der Waals surface area contributed by atoms with Crippen LogP contribution in [-0.4, -0.2) is 77.8 Å². The van der Waals surface area contributed by atoms with Gasteiger partial charge in [0.2, 0.25) is 11.8 Å². The smallest absolute Gasteiger partial charge is 0.247 e. The fraction of sp³-hybridized carbons (Fsp3) is 0.593. The molecule has 0 heterocycles. The van der Waals surface area contributed by atoms with Crippen molar-refractivity contribution in [1.29, 1.82) is 0 Å². The molecule has 2 aliphatic rings. The van der Waals surface area contributed by atoms with Crippen molar-refractivity contribution in [2.75, 3.05) is 20.3 Å². The zero-order valence-electron chi connectivity index (χ0n) is 21.6. The zero-order valence-corrected chi connectivity index (χ0v) is 23.8. The molecule has 1 saturated carbocycles. The van der Waals surface area contributed by atoms with E-state index in [0.717, 1.165) is 32.1 Å². The maximum atomic E-state index is 13.5. The SMILES string of the molecule is COc1cc(C=O)cc(I)c1OC1C=C(C(=O)NCCO)CC(N(C(=O)C(C)C)C2CCCCC2)C1O. The first-order valence-electron chi connectivity index (χ1n) is 12.8. The molecule has 0 saturated heterocycles. The average molecular weight is 629 g/mol. The van der Waals surface area contributed by atoms with Gasteiger partial charge in [-0.05, 0) is 53.6 Å². The van der Waals surface area contributed by atoms with Gasteiger partial charge in [-0.15, -0.1) is 0 Å². The molecule has 1 fully saturated rings. The van der Waals surface area contributed by atoms with Crippen molar-refractivity contribution in [2.24, 2.45) is 5.92 Å². The molecule has 0 aliphatic heterocycles. The summed E-state index contributed by atoms with van der Waals surface area (Å²) in [6, 6.07) is 2.51. The number of amides is 2. The molecule has 204 valence electrons. The molecule has 2 aliphatic carbocycles. The first-order valence-corrected chi connectivity index (χ1v) is 13.9. The van der Waals surface area contributed by atoms with Gasteiger partial charge in [-0.1, -0.05) is 33.1 Å². The van der Waals surface area contributed by atoms with Crippen LogP contribution in [0.1, 0.15) is 62.7 Å². The van der Waals surface area contributed by atoms with Crippen LogP contribution in [0.2, 0.25) is 0 Å². The number of carbonyl (C=O) groups excluding carboxylic acids is 3. The van der Waals surface area contributed by atoms with Crippen molar-refractivity contribution in [3.05, 3.63) is 32.9 Å². The number of benzene rings is 1. The lowest BCUT2D eigenvalue weighted by atomic mass is 9.84. The highest BCUT2D eigenvalue weighted by Gasteiger charge is 2.43. The quantitative estimate of drug-likeness (QED) is 0.269. The van der Waals surface area contributed by atoms with Crippen molar-refractivity contribution >= 4 is 40.7 Å². The summed E-state index contributed by atoms with van der Waals surface area (Å²) in [6.45, 7) is 3.57. The molecule has 37 heavy (non-hydrogen) atoms. The van der Waals surface area contributed by atoms with E-state index in [2.05, 4.69) is 5.32 Å². The molecule has 3 unspecified atom stereocenters. The summed E-state index contributed by atoms with van der Waals surface area (Å²) in [5, 5.41) is 23.5. The molecule has 3 rings (SSSR count). The van der Waals surface area contributed by atoms with Crippen molar-refractivity contribution in [3.8, 4) is 11.5 Å². The Morgan fingerprint density at radius 3 is 2.54 bits per heavy atom. The number of halogens is 1. The van der Waals surface area contributed by atoms with Crippen LogP contribution in [0.15, 0.2) is 23.8 Å². The fourth-order valence-electron chi connectivity index (χ4n) is 5.08. The van der Waals surface area contributed by atoms with Gasteiger partial charge in [0.15, 0.2) is 11.5 Å². The molecule has 3 N–H and O–H groups in total. The number of rotatable bonds is 10. The number of aliphatic hydroxyl groups is 2. The van der Waals surface area contributed by atoms with Crippen LogP contribution in [0.4, 0.5) is 0 Å². The second-order valence-electron chi connectivity index (χ2n) is 9.86. The number of methoxy groups -OCH3 is 1. The van der Waals surface area contributed by atoms with E-state index in [1.807, 2.05) is 36.4 Å². The van der Waals surface area contributed by atoms with Gasteiger partial charge in [-0.2, -0.15) is 0 Å².